The number of nitrogens with zero attached hydrogens (tertiary/aromatic N) is 2. The molecule has 1 aromatic heterocycles. The molecule has 0 bridgehead atoms. The van der Waals surface area contributed by atoms with Gasteiger partial charge in [-0.25, -0.2) is 0 Å². The molecule has 0 atom stereocenters. The molecule has 0 aliphatic rings. The van der Waals surface area contributed by atoms with Gasteiger partial charge in [0.15, 0.2) is 0 Å². The fourth-order valence-corrected chi connectivity index (χ4v) is 2.22. The lowest BCUT2D eigenvalue weighted by Gasteiger charge is -2.10. The molecule has 2 rings (SSSR count). The third kappa shape index (κ3) is 3.41. The molecule has 19 heavy (non-hydrogen) atoms. The second-order valence-corrected chi connectivity index (χ2v) is 5.04. The molecule has 0 radical (unpaired) electrons. The summed E-state index contributed by atoms with van der Waals surface area (Å²) in [7, 11) is 0. The fraction of sp³-hybridized carbons (Fsp3) is 0.357. The van der Waals surface area contributed by atoms with Crippen LogP contribution >= 0.6 is 11.6 Å². The Morgan fingerprint density at radius 2 is 2.16 bits per heavy atom. The van der Waals surface area contributed by atoms with Crippen molar-refractivity contribution in [2.45, 2.75) is 26.8 Å². The molecule has 2 aromatic rings. The van der Waals surface area contributed by atoms with Crippen LogP contribution in [-0.4, -0.2) is 16.3 Å². The highest BCUT2D eigenvalue weighted by Gasteiger charge is 2.03. The number of rotatable bonds is 5. The first kappa shape index (κ1) is 13.7. The summed E-state index contributed by atoms with van der Waals surface area (Å²) in [5, 5.41) is 8.32. The van der Waals surface area contributed by atoms with Crippen LogP contribution in [0.1, 0.15) is 17.8 Å². The highest BCUT2D eigenvalue weighted by Crippen LogP contribution is 2.26. The minimum atomic E-state index is 0.587. The molecule has 0 saturated carbocycles. The minimum absolute atomic E-state index is 0.587. The molecule has 0 saturated heterocycles. The summed E-state index contributed by atoms with van der Waals surface area (Å²) in [6.07, 6.45) is 0.980. The minimum Gasteiger partial charge on any atom is -0.396 e. The summed E-state index contributed by atoms with van der Waals surface area (Å²) in [6.45, 7) is 5.81. The van der Waals surface area contributed by atoms with Crippen molar-refractivity contribution in [3.05, 3.63) is 40.7 Å². The first-order valence-corrected chi connectivity index (χ1v) is 6.74. The molecule has 0 aliphatic carbocycles. The summed E-state index contributed by atoms with van der Waals surface area (Å²) in [5.74, 6) is 0. The topological polar surface area (TPSA) is 55.9 Å². The van der Waals surface area contributed by atoms with Gasteiger partial charge in [-0.1, -0.05) is 17.7 Å². The molecule has 102 valence electrons. The van der Waals surface area contributed by atoms with Crippen LogP contribution in [-0.2, 0) is 6.54 Å². The van der Waals surface area contributed by atoms with E-state index in [2.05, 4.69) is 23.4 Å². The standard InChI is InChI=1S/C14H19ClN4/c1-10-9-11(2)19(18-10)8-4-7-17-13-6-3-5-12(15)14(13)16/h3,5-6,9,17H,4,7-8,16H2,1-2H3. The normalized spacial score (nSPS) is 10.7. The second-order valence-electron chi connectivity index (χ2n) is 4.63. The smallest absolute Gasteiger partial charge is 0.0739 e. The Bertz CT molecular complexity index is 563. The number of hydrogen-bond acceptors (Lipinski definition) is 3. The van der Waals surface area contributed by atoms with E-state index in [0.717, 1.165) is 30.9 Å². The van der Waals surface area contributed by atoms with Gasteiger partial charge in [-0.3, -0.25) is 4.68 Å². The van der Waals surface area contributed by atoms with Gasteiger partial charge in [0.2, 0.25) is 0 Å². The predicted octanol–water partition coefficient (Wildman–Crippen LogP) is 3.24. The zero-order valence-electron chi connectivity index (χ0n) is 11.3. The van der Waals surface area contributed by atoms with Crippen LogP contribution in [0.4, 0.5) is 11.4 Å². The number of halogens is 1. The number of aryl methyl sites for hydroxylation is 3. The number of anilines is 2. The molecule has 0 spiro atoms. The SMILES string of the molecule is Cc1cc(C)n(CCCNc2cccc(Cl)c2N)n1. The van der Waals surface area contributed by atoms with Crippen molar-refractivity contribution in [1.82, 2.24) is 9.78 Å². The van der Waals surface area contributed by atoms with Gasteiger partial charge >= 0.3 is 0 Å². The molecule has 0 aliphatic heterocycles. The van der Waals surface area contributed by atoms with Crippen LogP contribution in [0.5, 0.6) is 0 Å². The van der Waals surface area contributed by atoms with Gasteiger partial charge in [-0.05, 0) is 38.5 Å². The van der Waals surface area contributed by atoms with Crippen molar-refractivity contribution in [2.75, 3.05) is 17.6 Å². The van der Waals surface area contributed by atoms with Crippen LogP contribution in [0, 0.1) is 13.8 Å². The van der Waals surface area contributed by atoms with Gasteiger partial charge < -0.3 is 11.1 Å². The first-order valence-electron chi connectivity index (χ1n) is 6.37. The van der Waals surface area contributed by atoms with Crippen molar-refractivity contribution >= 4 is 23.0 Å². The van der Waals surface area contributed by atoms with E-state index in [9.17, 15) is 0 Å². The molecule has 0 amide bonds. The maximum Gasteiger partial charge on any atom is 0.0739 e. The maximum absolute atomic E-state index is 5.97. The lowest BCUT2D eigenvalue weighted by atomic mass is 10.2. The molecule has 0 fully saturated rings. The van der Waals surface area contributed by atoms with Crippen molar-refractivity contribution in [2.24, 2.45) is 0 Å². The molecular weight excluding hydrogens is 260 g/mol. The molecule has 3 N–H and O–H groups in total. The van der Waals surface area contributed by atoms with Crippen LogP contribution in [0.3, 0.4) is 0 Å². The Morgan fingerprint density at radius 3 is 2.84 bits per heavy atom. The van der Waals surface area contributed by atoms with Gasteiger partial charge in [-0.15, -0.1) is 0 Å². The van der Waals surface area contributed by atoms with Crippen LogP contribution in [0.15, 0.2) is 24.3 Å². The van der Waals surface area contributed by atoms with Crippen LogP contribution < -0.4 is 11.1 Å². The number of nitrogens with one attached hydrogen (secondary N) is 1. The lowest BCUT2D eigenvalue weighted by molar-refractivity contribution is 0.574. The molecule has 5 heteroatoms. The summed E-state index contributed by atoms with van der Waals surface area (Å²) < 4.78 is 2.03. The van der Waals surface area contributed by atoms with Crippen molar-refractivity contribution in [3.8, 4) is 0 Å². The van der Waals surface area contributed by atoms with Gasteiger partial charge in [0.05, 0.1) is 22.1 Å². The van der Waals surface area contributed by atoms with Crippen molar-refractivity contribution in [3.63, 3.8) is 0 Å². The highest BCUT2D eigenvalue weighted by molar-refractivity contribution is 6.33. The largest absolute Gasteiger partial charge is 0.396 e. The third-order valence-corrected chi connectivity index (χ3v) is 3.35. The monoisotopic (exact) mass is 278 g/mol. The van der Waals surface area contributed by atoms with Crippen LogP contribution in [0.2, 0.25) is 5.02 Å². The Kier molecular flexibility index (Phi) is 4.32. The predicted molar refractivity (Wildman–Crippen MR) is 80.7 cm³/mol. The fourth-order valence-electron chi connectivity index (χ4n) is 2.04. The zero-order valence-corrected chi connectivity index (χ0v) is 12.0. The van der Waals surface area contributed by atoms with Crippen molar-refractivity contribution in [1.29, 1.82) is 0 Å². The van der Waals surface area contributed by atoms with E-state index in [1.54, 1.807) is 6.07 Å². The van der Waals surface area contributed by atoms with E-state index in [0.29, 0.717) is 10.7 Å². The lowest BCUT2D eigenvalue weighted by Crippen LogP contribution is -2.10. The van der Waals surface area contributed by atoms with E-state index in [1.807, 2.05) is 23.7 Å². The average Bonchev–Trinajstić information content (AvgIpc) is 2.68. The molecule has 1 aromatic carbocycles. The Labute approximate surface area is 118 Å². The number of hydrogen-bond donors (Lipinski definition) is 2. The van der Waals surface area contributed by atoms with E-state index in [-0.39, 0.29) is 0 Å². The van der Waals surface area contributed by atoms with E-state index >= 15 is 0 Å². The van der Waals surface area contributed by atoms with E-state index in [4.69, 9.17) is 17.3 Å². The van der Waals surface area contributed by atoms with Crippen molar-refractivity contribution < 1.29 is 0 Å². The number of aromatic nitrogens is 2. The van der Waals surface area contributed by atoms with Crippen LogP contribution in [0.25, 0.3) is 0 Å². The summed E-state index contributed by atoms with van der Waals surface area (Å²) in [4.78, 5) is 0. The Balaban J connectivity index is 1.84. The Hall–Kier alpha value is -1.68. The van der Waals surface area contributed by atoms with Gasteiger partial charge in [-0.2, -0.15) is 5.10 Å². The number of benzene rings is 1. The average molecular weight is 279 g/mol. The van der Waals surface area contributed by atoms with E-state index in [1.165, 1.54) is 5.69 Å². The molecule has 4 nitrogen and oxygen atoms in total. The van der Waals surface area contributed by atoms with Gasteiger partial charge in [0.25, 0.3) is 0 Å². The molecule has 1 heterocycles. The summed E-state index contributed by atoms with van der Waals surface area (Å²) in [5.41, 5.74) is 9.64. The number of nitrogen functional groups attached to an aromatic ring is 1. The van der Waals surface area contributed by atoms with E-state index < -0.39 is 0 Å². The number of para-hydroxylation sites is 1. The summed E-state index contributed by atoms with van der Waals surface area (Å²) in [6, 6.07) is 7.70. The van der Waals surface area contributed by atoms with Gasteiger partial charge in [0, 0.05) is 18.8 Å². The first-order chi connectivity index (χ1) is 9.08. The maximum atomic E-state index is 5.97. The zero-order chi connectivity index (χ0) is 13.8. The second kappa shape index (κ2) is 5.97. The molecule has 0 unspecified atom stereocenters. The van der Waals surface area contributed by atoms with Gasteiger partial charge in [0.1, 0.15) is 0 Å². The number of nitrogens with two attached hydrogens (primary N) is 1. The highest BCUT2D eigenvalue weighted by atomic mass is 35.5. The third-order valence-electron chi connectivity index (χ3n) is 3.02. The summed E-state index contributed by atoms with van der Waals surface area (Å²) >= 11 is 5.97. The quantitative estimate of drug-likeness (QED) is 0.652. The molecular formula is C14H19ClN4. The Morgan fingerprint density at radius 1 is 1.37 bits per heavy atom.